The van der Waals surface area contributed by atoms with Gasteiger partial charge in [0.05, 0.1) is 0 Å². The molecule has 47 valence electrons. The fourth-order valence-corrected chi connectivity index (χ4v) is 0.983. The second-order valence-corrected chi connectivity index (χ2v) is 2.26. The van der Waals surface area contributed by atoms with Gasteiger partial charge in [-0.2, -0.15) is 0 Å². The first-order valence-electron chi connectivity index (χ1n) is 2.99. The van der Waals surface area contributed by atoms with Gasteiger partial charge in [0.2, 0.25) is 0 Å². The summed E-state index contributed by atoms with van der Waals surface area (Å²) >= 11 is 5.79. The Hall–Kier alpha value is -0.490. The van der Waals surface area contributed by atoms with Gasteiger partial charge >= 0.3 is 0 Å². The molecule has 0 aliphatic rings. The van der Waals surface area contributed by atoms with Crippen LogP contribution in [0.15, 0.2) is 18.2 Å². The summed E-state index contributed by atoms with van der Waals surface area (Å²) in [6.07, 6.45) is 0.958. The Morgan fingerprint density at radius 3 is 2.89 bits per heavy atom. The Balaban J connectivity index is 3.01. The van der Waals surface area contributed by atoms with E-state index in [1.807, 2.05) is 18.2 Å². The maximum Gasteiger partial charge on any atom is 0.0444 e. The van der Waals surface area contributed by atoms with Gasteiger partial charge in [0.15, 0.2) is 0 Å². The van der Waals surface area contributed by atoms with Gasteiger partial charge < -0.3 is 0 Å². The first-order chi connectivity index (χ1) is 4.34. The van der Waals surface area contributed by atoms with Crippen LogP contribution in [-0.4, -0.2) is 0 Å². The lowest BCUT2D eigenvalue weighted by molar-refractivity contribution is 1.14. The molecule has 0 aromatic heterocycles. The Labute approximate surface area is 60.5 Å². The zero-order valence-corrected chi connectivity index (χ0v) is 6.07. The molecule has 0 saturated carbocycles. The van der Waals surface area contributed by atoms with Crippen LogP contribution in [0.4, 0.5) is 0 Å². The summed E-state index contributed by atoms with van der Waals surface area (Å²) in [5, 5.41) is 0.819. The highest BCUT2D eigenvalue weighted by molar-refractivity contribution is 6.31. The molecule has 9 heavy (non-hydrogen) atoms. The van der Waals surface area contributed by atoms with Gasteiger partial charge in [-0.25, -0.2) is 0 Å². The van der Waals surface area contributed by atoms with E-state index in [9.17, 15) is 0 Å². The highest BCUT2D eigenvalue weighted by Gasteiger charge is 1.92. The maximum atomic E-state index is 5.79. The topological polar surface area (TPSA) is 0 Å². The minimum Gasteiger partial charge on any atom is -0.0840 e. The van der Waals surface area contributed by atoms with Gasteiger partial charge in [-0.1, -0.05) is 30.7 Å². The molecule has 0 nitrogen and oxygen atoms in total. The van der Waals surface area contributed by atoms with E-state index < -0.39 is 0 Å². The van der Waals surface area contributed by atoms with Gasteiger partial charge in [0, 0.05) is 5.02 Å². The van der Waals surface area contributed by atoms with E-state index in [2.05, 4.69) is 13.0 Å². The summed E-state index contributed by atoms with van der Waals surface area (Å²) in [7, 11) is 0. The van der Waals surface area contributed by atoms with Crippen molar-refractivity contribution in [2.45, 2.75) is 13.3 Å². The Morgan fingerprint density at radius 1 is 1.67 bits per heavy atom. The number of halogens is 1. The highest BCUT2D eigenvalue weighted by Crippen LogP contribution is 2.13. The van der Waals surface area contributed by atoms with E-state index in [0.717, 1.165) is 17.0 Å². The number of hydrogen-bond acceptors (Lipinski definition) is 0. The molecule has 0 saturated heterocycles. The molecule has 1 rings (SSSR count). The maximum absolute atomic E-state index is 5.79. The Kier molecular flexibility index (Phi) is 2.12. The van der Waals surface area contributed by atoms with Crippen molar-refractivity contribution in [3.63, 3.8) is 0 Å². The quantitative estimate of drug-likeness (QED) is 0.561. The summed E-state index contributed by atoms with van der Waals surface area (Å²) in [6.45, 7) is 2.07. The largest absolute Gasteiger partial charge is 0.0840 e. The van der Waals surface area contributed by atoms with Crippen molar-refractivity contribution in [1.29, 1.82) is 0 Å². The third-order valence-corrected chi connectivity index (χ3v) is 1.59. The zero-order valence-electron chi connectivity index (χ0n) is 5.32. The Morgan fingerprint density at radius 2 is 2.44 bits per heavy atom. The van der Waals surface area contributed by atoms with Crippen LogP contribution in [0.3, 0.4) is 0 Å². The van der Waals surface area contributed by atoms with Crippen molar-refractivity contribution < 1.29 is 0 Å². The van der Waals surface area contributed by atoms with Gasteiger partial charge in [-0.05, 0) is 24.1 Å². The molecule has 1 aromatic carbocycles. The molecule has 1 aromatic rings. The minimum absolute atomic E-state index is 0.819. The smallest absolute Gasteiger partial charge is 0.0444 e. The predicted octanol–water partition coefficient (Wildman–Crippen LogP) is 2.70. The second kappa shape index (κ2) is 2.88. The number of rotatable bonds is 1. The first-order valence-corrected chi connectivity index (χ1v) is 3.37. The van der Waals surface area contributed by atoms with Gasteiger partial charge in [0.1, 0.15) is 0 Å². The van der Waals surface area contributed by atoms with Gasteiger partial charge in [-0.3, -0.25) is 0 Å². The molecule has 0 amide bonds. The minimum atomic E-state index is 0.819. The lowest BCUT2D eigenvalue weighted by Crippen LogP contribution is -1.79. The molecule has 0 atom stereocenters. The molecule has 0 unspecified atom stereocenters. The van der Waals surface area contributed by atoms with Crippen molar-refractivity contribution in [3.05, 3.63) is 34.9 Å². The van der Waals surface area contributed by atoms with Crippen LogP contribution >= 0.6 is 11.6 Å². The van der Waals surface area contributed by atoms with Crippen LogP contribution < -0.4 is 0 Å². The zero-order chi connectivity index (χ0) is 6.69. The van der Waals surface area contributed by atoms with Crippen molar-refractivity contribution in [2.75, 3.05) is 0 Å². The van der Waals surface area contributed by atoms with E-state index in [1.165, 1.54) is 0 Å². The number of aryl methyl sites for hydroxylation is 1. The summed E-state index contributed by atoms with van der Waals surface area (Å²) in [5.74, 6) is 0. The molecule has 1 radical (unpaired) electrons. The fourth-order valence-electron chi connectivity index (χ4n) is 0.722. The van der Waals surface area contributed by atoms with Crippen LogP contribution in [0.25, 0.3) is 0 Å². The fraction of sp³-hybridized carbons (Fsp3) is 0.250. The number of benzene rings is 1. The average molecular weight is 140 g/mol. The van der Waals surface area contributed by atoms with Gasteiger partial charge in [-0.15, -0.1) is 0 Å². The van der Waals surface area contributed by atoms with Crippen molar-refractivity contribution >= 4 is 11.6 Å². The molecule has 0 aliphatic heterocycles. The monoisotopic (exact) mass is 139 g/mol. The van der Waals surface area contributed by atoms with Crippen LogP contribution in [0.1, 0.15) is 12.5 Å². The molecule has 1 heteroatoms. The molecule has 0 aliphatic carbocycles. The molecule has 0 bridgehead atoms. The number of hydrogen-bond donors (Lipinski definition) is 0. The lowest BCUT2D eigenvalue weighted by Gasteiger charge is -1.95. The lowest BCUT2D eigenvalue weighted by atomic mass is 10.2. The van der Waals surface area contributed by atoms with Crippen molar-refractivity contribution in [1.82, 2.24) is 0 Å². The van der Waals surface area contributed by atoms with Crippen molar-refractivity contribution in [2.24, 2.45) is 0 Å². The summed E-state index contributed by atoms with van der Waals surface area (Å²) in [4.78, 5) is 0. The molecule has 0 fully saturated rings. The Bertz CT molecular complexity index is 194. The van der Waals surface area contributed by atoms with E-state index in [1.54, 1.807) is 0 Å². The highest BCUT2D eigenvalue weighted by atomic mass is 35.5. The van der Waals surface area contributed by atoms with E-state index in [-0.39, 0.29) is 0 Å². The third kappa shape index (κ3) is 1.46. The molecule has 0 heterocycles. The predicted molar refractivity (Wildman–Crippen MR) is 39.7 cm³/mol. The molecule has 0 N–H and O–H groups in total. The summed E-state index contributed by atoms with van der Waals surface area (Å²) in [5.41, 5.74) is 1.10. The first kappa shape index (κ1) is 6.63. The average Bonchev–Trinajstić information content (AvgIpc) is 1.89. The van der Waals surface area contributed by atoms with Crippen LogP contribution in [0.5, 0.6) is 0 Å². The summed E-state index contributed by atoms with van der Waals surface area (Å²) < 4.78 is 0. The molecular formula is C8H8Cl. The normalized spacial score (nSPS) is 9.56. The second-order valence-electron chi connectivity index (χ2n) is 1.85. The standard InChI is InChI=1S/C8H8Cl/c1-2-7-5-3-4-6-8(7)9/h3-4,6H,2H2,1H3. The third-order valence-electron chi connectivity index (χ3n) is 1.24. The summed E-state index contributed by atoms with van der Waals surface area (Å²) in [6, 6.07) is 8.71. The molecular weight excluding hydrogens is 132 g/mol. The van der Waals surface area contributed by atoms with E-state index in [0.29, 0.717) is 0 Å². The van der Waals surface area contributed by atoms with Crippen LogP contribution in [0, 0.1) is 6.07 Å². The SMILES string of the molecule is CCc1[c]cccc1Cl. The van der Waals surface area contributed by atoms with E-state index in [4.69, 9.17) is 11.6 Å². The van der Waals surface area contributed by atoms with E-state index >= 15 is 0 Å². The van der Waals surface area contributed by atoms with Crippen LogP contribution in [-0.2, 0) is 6.42 Å². The van der Waals surface area contributed by atoms with Crippen LogP contribution in [0.2, 0.25) is 5.02 Å². The molecule has 0 spiro atoms. The van der Waals surface area contributed by atoms with Crippen molar-refractivity contribution in [3.8, 4) is 0 Å². The van der Waals surface area contributed by atoms with Gasteiger partial charge in [0.25, 0.3) is 0 Å².